The van der Waals surface area contributed by atoms with Crippen molar-refractivity contribution in [2.45, 2.75) is 33.1 Å². The number of thioether (sulfide) groups is 2. The van der Waals surface area contributed by atoms with Crippen LogP contribution in [-0.4, -0.2) is 69.2 Å². The molecule has 2 fully saturated rings. The average Bonchev–Trinajstić information content (AvgIpc) is 2.87. The number of aryl methyl sites for hydroxylation is 1. The monoisotopic (exact) mass is 511 g/mol. The van der Waals surface area contributed by atoms with E-state index in [4.69, 9.17) is 4.99 Å². The summed E-state index contributed by atoms with van der Waals surface area (Å²) in [6.07, 6.45) is 0. The molecule has 2 saturated heterocycles. The number of anilines is 3. The molecule has 0 unspecified atom stereocenters. The third-order valence-electron chi connectivity index (χ3n) is 6.80. The van der Waals surface area contributed by atoms with Crippen molar-refractivity contribution in [2.24, 2.45) is 4.99 Å². The SMILES string of the molecule is CNC(=Nc1ccccc1N1CCSCC1)N(C)c1ccc(C)c(N2CCSCC2)c1C(C)(C)C. The van der Waals surface area contributed by atoms with Crippen molar-refractivity contribution < 1.29 is 0 Å². The molecule has 2 heterocycles. The number of rotatable bonds is 4. The zero-order valence-corrected chi connectivity index (χ0v) is 23.9. The first-order valence-corrected chi connectivity index (χ1v) is 15.0. The molecule has 0 aromatic heterocycles. The van der Waals surface area contributed by atoms with Crippen molar-refractivity contribution in [1.82, 2.24) is 5.32 Å². The number of para-hydroxylation sites is 2. The van der Waals surface area contributed by atoms with Gasteiger partial charge in [-0.05, 0) is 36.1 Å². The van der Waals surface area contributed by atoms with Crippen LogP contribution in [0.3, 0.4) is 0 Å². The number of hydrogen-bond donors (Lipinski definition) is 1. The molecule has 2 aromatic rings. The third kappa shape index (κ3) is 5.88. The zero-order chi connectivity index (χ0) is 25.0. The second-order valence-electron chi connectivity index (χ2n) is 10.3. The Morgan fingerprint density at radius 1 is 0.914 bits per heavy atom. The molecule has 0 bridgehead atoms. The minimum Gasteiger partial charge on any atom is -0.369 e. The van der Waals surface area contributed by atoms with E-state index >= 15 is 0 Å². The van der Waals surface area contributed by atoms with Gasteiger partial charge in [0.2, 0.25) is 5.96 Å². The van der Waals surface area contributed by atoms with Crippen molar-refractivity contribution >= 4 is 52.2 Å². The van der Waals surface area contributed by atoms with Crippen LogP contribution in [0.25, 0.3) is 0 Å². The number of benzene rings is 2. The van der Waals surface area contributed by atoms with Crippen LogP contribution in [0.1, 0.15) is 31.9 Å². The molecular formula is C28H41N5S2. The first-order chi connectivity index (χ1) is 16.8. The first-order valence-electron chi connectivity index (χ1n) is 12.7. The lowest BCUT2D eigenvalue weighted by Gasteiger charge is -2.38. The normalized spacial score (nSPS) is 17.5. The van der Waals surface area contributed by atoms with Gasteiger partial charge >= 0.3 is 0 Å². The molecule has 4 rings (SSSR count). The molecule has 2 aliphatic rings. The van der Waals surface area contributed by atoms with E-state index in [1.54, 1.807) is 0 Å². The van der Waals surface area contributed by atoms with Crippen molar-refractivity contribution in [3.8, 4) is 0 Å². The molecule has 5 nitrogen and oxygen atoms in total. The summed E-state index contributed by atoms with van der Waals surface area (Å²) in [5, 5.41) is 3.41. The Balaban J connectivity index is 1.77. The molecule has 190 valence electrons. The largest absolute Gasteiger partial charge is 0.369 e. The molecule has 1 N–H and O–H groups in total. The van der Waals surface area contributed by atoms with Gasteiger partial charge in [-0.25, -0.2) is 4.99 Å². The van der Waals surface area contributed by atoms with Crippen LogP contribution in [0.2, 0.25) is 0 Å². The fraction of sp³-hybridized carbons (Fsp3) is 0.536. The Bertz CT molecular complexity index is 1030. The van der Waals surface area contributed by atoms with Gasteiger partial charge < -0.3 is 20.0 Å². The van der Waals surface area contributed by atoms with E-state index < -0.39 is 0 Å². The highest BCUT2D eigenvalue weighted by Crippen LogP contribution is 2.42. The van der Waals surface area contributed by atoms with Crippen LogP contribution in [0.5, 0.6) is 0 Å². The van der Waals surface area contributed by atoms with E-state index in [9.17, 15) is 0 Å². The van der Waals surface area contributed by atoms with Gasteiger partial charge in [-0.1, -0.05) is 39.0 Å². The Labute approximate surface area is 220 Å². The molecule has 0 aliphatic carbocycles. The quantitative estimate of drug-likeness (QED) is 0.416. The lowest BCUT2D eigenvalue weighted by Crippen LogP contribution is -2.40. The summed E-state index contributed by atoms with van der Waals surface area (Å²) in [5.74, 6) is 5.59. The molecule has 0 radical (unpaired) electrons. The maximum Gasteiger partial charge on any atom is 0.203 e. The highest BCUT2D eigenvalue weighted by atomic mass is 32.2. The lowest BCUT2D eigenvalue weighted by atomic mass is 9.82. The second-order valence-corrected chi connectivity index (χ2v) is 12.8. The van der Waals surface area contributed by atoms with E-state index in [0.29, 0.717) is 0 Å². The van der Waals surface area contributed by atoms with Crippen molar-refractivity contribution in [1.29, 1.82) is 0 Å². The average molecular weight is 512 g/mol. The number of aliphatic imine (C=N–C) groups is 1. The number of nitrogens with one attached hydrogen (secondary N) is 1. The molecule has 7 heteroatoms. The first kappa shape index (κ1) is 26.1. The summed E-state index contributed by atoms with van der Waals surface area (Å²) in [5.41, 5.74) is 7.62. The van der Waals surface area contributed by atoms with Crippen LogP contribution in [0.4, 0.5) is 22.7 Å². The third-order valence-corrected chi connectivity index (χ3v) is 8.68. The Hall–Kier alpha value is -1.99. The maximum atomic E-state index is 5.18. The Kier molecular flexibility index (Phi) is 8.48. The predicted molar refractivity (Wildman–Crippen MR) is 160 cm³/mol. The van der Waals surface area contributed by atoms with Crippen molar-refractivity contribution in [2.75, 3.05) is 78.0 Å². The topological polar surface area (TPSA) is 34.1 Å². The van der Waals surface area contributed by atoms with Crippen molar-refractivity contribution in [3.63, 3.8) is 0 Å². The van der Waals surface area contributed by atoms with Gasteiger partial charge in [-0.3, -0.25) is 0 Å². The van der Waals surface area contributed by atoms with Crippen LogP contribution < -0.4 is 20.0 Å². The fourth-order valence-corrected chi connectivity index (χ4v) is 6.86. The van der Waals surface area contributed by atoms with Gasteiger partial charge in [0.25, 0.3) is 0 Å². The number of guanidine groups is 1. The molecule has 2 aliphatic heterocycles. The zero-order valence-electron chi connectivity index (χ0n) is 22.2. The van der Waals surface area contributed by atoms with E-state index in [2.05, 4.69) is 103 Å². The molecule has 0 amide bonds. The van der Waals surface area contributed by atoms with E-state index in [0.717, 1.165) is 37.8 Å². The van der Waals surface area contributed by atoms with E-state index in [1.807, 2.05) is 18.8 Å². The van der Waals surface area contributed by atoms with Crippen LogP contribution >= 0.6 is 23.5 Å². The van der Waals surface area contributed by atoms with Gasteiger partial charge in [0, 0.05) is 80.2 Å². The van der Waals surface area contributed by atoms with Gasteiger partial charge in [0.15, 0.2) is 0 Å². The second kappa shape index (κ2) is 11.4. The maximum absolute atomic E-state index is 5.18. The summed E-state index contributed by atoms with van der Waals surface area (Å²) in [7, 11) is 4.12. The van der Waals surface area contributed by atoms with E-state index in [1.165, 1.54) is 51.2 Å². The summed E-state index contributed by atoms with van der Waals surface area (Å²) < 4.78 is 0. The smallest absolute Gasteiger partial charge is 0.203 e. The number of nitrogens with zero attached hydrogens (tertiary/aromatic N) is 4. The highest BCUT2D eigenvalue weighted by Gasteiger charge is 2.29. The fourth-order valence-electron chi connectivity index (χ4n) is 5.06. The Morgan fingerprint density at radius 2 is 1.51 bits per heavy atom. The molecule has 2 aromatic carbocycles. The standard InChI is InChI=1S/C28H41N5S2/c1-21-11-12-24(25(28(2,3)4)26(21)33-15-19-35-20-16-33)31(6)27(29-5)30-22-9-7-8-10-23(22)32-13-17-34-18-14-32/h7-12H,13-20H2,1-6H3,(H,29,30). The minimum atomic E-state index is -0.00222. The summed E-state index contributed by atoms with van der Waals surface area (Å²) in [4.78, 5) is 12.5. The Morgan fingerprint density at radius 3 is 2.11 bits per heavy atom. The van der Waals surface area contributed by atoms with Gasteiger partial charge in [-0.15, -0.1) is 0 Å². The highest BCUT2D eigenvalue weighted by molar-refractivity contribution is 7.99. The molecule has 0 saturated carbocycles. The van der Waals surface area contributed by atoms with Gasteiger partial charge in [0.1, 0.15) is 0 Å². The lowest BCUT2D eigenvalue weighted by molar-refractivity contribution is 0.587. The summed E-state index contributed by atoms with van der Waals surface area (Å²) >= 11 is 4.09. The summed E-state index contributed by atoms with van der Waals surface area (Å²) in [6.45, 7) is 13.6. The van der Waals surface area contributed by atoms with Crippen LogP contribution in [0.15, 0.2) is 41.4 Å². The van der Waals surface area contributed by atoms with Crippen LogP contribution in [-0.2, 0) is 5.41 Å². The molecular weight excluding hydrogens is 470 g/mol. The minimum absolute atomic E-state index is 0.00222. The molecule has 0 atom stereocenters. The number of hydrogen-bond acceptors (Lipinski definition) is 5. The van der Waals surface area contributed by atoms with Gasteiger partial charge in [0.05, 0.1) is 11.4 Å². The molecule has 0 spiro atoms. The van der Waals surface area contributed by atoms with Crippen LogP contribution in [0, 0.1) is 6.92 Å². The summed E-state index contributed by atoms with van der Waals surface area (Å²) in [6, 6.07) is 13.1. The van der Waals surface area contributed by atoms with Gasteiger partial charge in [-0.2, -0.15) is 23.5 Å². The predicted octanol–water partition coefficient (Wildman–Crippen LogP) is 5.74. The molecule has 35 heavy (non-hydrogen) atoms. The van der Waals surface area contributed by atoms with Crippen molar-refractivity contribution in [3.05, 3.63) is 47.5 Å². The van der Waals surface area contributed by atoms with E-state index in [-0.39, 0.29) is 5.41 Å².